The Morgan fingerprint density at radius 2 is 0.727 bits per heavy atom. The smallest absolute Gasteiger partial charge is 0.348 e. The molecule has 0 fully saturated rings. The van der Waals surface area contributed by atoms with Gasteiger partial charge in [0, 0.05) is 82.2 Å². The van der Waals surface area contributed by atoms with Crippen LogP contribution in [0.3, 0.4) is 0 Å². The predicted octanol–water partition coefficient (Wildman–Crippen LogP) is 16.9. The van der Waals surface area contributed by atoms with Crippen LogP contribution in [0.1, 0.15) is 50.1 Å². The average molecular weight is 2270 g/mol. The number of nitrogens with one attached hydrogen (secondary N) is 4. The number of nitrogens with zero attached hydrogens (tertiary/aromatic N) is 12. The summed E-state index contributed by atoms with van der Waals surface area (Å²) in [5.74, 6) is 13.1. The molecule has 0 bridgehead atoms. The number of benzene rings is 7. The molecule has 20 rings (SSSR count). The standard InChI is InChI=1S/C25H20ClFN5O6PS.C25H22N5O6PS.C24H20BrN4O4PS.C23H20N5O7PS/c1-36-39(35)20-11-16(37-7-8-38-28)3-5-19(20)29-24(31-39)21-23(33)22(15-6-9-40-13-15)30-32(25(21)34)12-14-2-4-18(27)17(26)10-14;1-34-37(33)20-13-18(35-10-11-36-26)7-8-19(20)27-24(29-37)21-23(31)22(17-9-12-38-15-17)28-30(25(21)32)14-16-5-3-2-4-6-16;1-14-6-7-18-19(10-14)34(32,33-2)28-23(26-18)20-22(30)21(16-8-9-35-13-16)27-29(24(20)31)12-15-4-3-5-17(25)11-15;1-32-36(31)18-10-16(34-7-8-35-24)2-3-17(18)25-22(27-36)19-21(29)20(15-5-9-37-13-15)26-28(23(19)30)11-14-4-6-33-12-14/h2-11,13,33H,12,28H2,1H3,(H,29,31,35);2-13,15,31H,14,26H2,1H3,(H,27,29,33);3-11,13,30H,12H2,1-2H3,(H,26,28,32);2-10,12-13,29H,11,24H2,1H3,(H,25,27,31)/b8-7+;11-10+;;8-7+. The van der Waals surface area contributed by atoms with Gasteiger partial charge in [0.05, 0.1) is 87.7 Å². The van der Waals surface area contributed by atoms with E-state index in [1.54, 1.807) is 100 Å². The van der Waals surface area contributed by atoms with Gasteiger partial charge >= 0.3 is 30.1 Å². The molecule has 0 radical (unpaired) electrons. The molecule has 7 aromatic carbocycles. The van der Waals surface area contributed by atoms with Gasteiger partial charge in [0.15, 0.2) is 46.3 Å². The molecule has 0 aliphatic carbocycles. The highest BCUT2D eigenvalue weighted by atomic mass is 79.9. The fraction of sp³-hybridized carbons (Fsp3) is 0.0928. The third kappa shape index (κ3) is 22.8. The SMILES string of the molecule is COP1(=O)N=C(c2c(O)c(-c3ccsc3)nn(Cc3ccc(F)c(Cl)c3)c2=O)Nc2ccc(O/C=C/ON)cc21.COP1(=O)N=C(c2c(O)c(-c3ccsc3)nn(Cc3cccc(Br)c3)c2=O)Nc2ccc(C)cc21.COP1(=O)N=C(c2c(O)c(-c3ccsc3)nn(Cc3ccccc3)c2=O)Nc2ccc(O/C=C/ON)cc21.COP1(=O)N=C(c2c(O)c(-c3ccsc3)nn(Cc3ccoc3)c2=O)Nc2ccc(O/C=C/ON)cc21. The highest BCUT2D eigenvalue weighted by molar-refractivity contribution is 9.10. The molecule has 14 N–H and O–H groups in total. The van der Waals surface area contributed by atoms with Gasteiger partial charge in [-0.15, -0.1) is 0 Å². The Morgan fingerprint density at radius 3 is 1.04 bits per heavy atom. The number of anilines is 4. The monoisotopic (exact) mass is 2270 g/mol. The van der Waals surface area contributed by atoms with Crippen LogP contribution in [0, 0.1) is 12.7 Å². The predicted molar refractivity (Wildman–Crippen MR) is 574 cm³/mol. The Labute approximate surface area is 878 Å². The molecule has 4 aliphatic heterocycles. The molecule has 0 spiro atoms. The van der Waals surface area contributed by atoms with E-state index in [1.165, 1.54) is 156 Å². The molecule has 16 aromatic rings. The summed E-state index contributed by atoms with van der Waals surface area (Å²) in [5.41, 5.74) is 4.99. The number of ether oxygens (including phenoxy) is 3. The number of rotatable bonds is 29. The van der Waals surface area contributed by atoms with E-state index in [4.69, 9.17) is 66.0 Å². The van der Waals surface area contributed by atoms with Crippen molar-refractivity contribution in [1.82, 2.24) is 39.1 Å². The van der Waals surface area contributed by atoms with Crippen molar-refractivity contribution in [2.24, 2.45) is 36.7 Å². The summed E-state index contributed by atoms with van der Waals surface area (Å²) >= 11 is 15.0. The number of aryl methyl sites for hydroxylation is 1. The quantitative estimate of drug-likeness (QED) is 0.0118. The molecule has 13 heterocycles. The molecule has 4 unspecified atom stereocenters. The van der Waals surface area contributed by atoms with Gasteiger partial charge in [-0.3, -0.25) is 37.4 Å². The third-order valence-electron chi connectivity index (χ3n) is 22.5. The number of fused-ring (bicyclic) bond motifs is 4. The van der Waals surface area contributed by atoms with Crippen LogP contribution in [0.4, 0.5) is 27.1 Å². The van der Waals surface area contributed by atoms with E-state index in [2.05, 4.69) is 91.2 Å². The number of hydrogen-bond donors (Lipinski definition) is 11. The number of aromatic nitrogens is 8. The molecule has 0 amide bonds. The van der Waals surface area contributed by atoms with Crippen LogP contribution in [0.5, 0.6) is 40.2 Å². The summed E-state index contributed by atoms with van der Waals surface area (Å²) in [6, 6.07) is 48.9. The summed E-state index contributed by atoms with van der Waals surface area (Å²) < 4.78 is 134. The Bertz CT molecular complexity index is 8540. The molecule has 53 heteroatoms. The number of amidine groups is 4. The van der Waals surface area contributed by atoms with E-state index in [1.807, 2.05) is 89.1 Å². The van der Waals surface area contributed by atoms with Gasteiger partial charge in [0.25, 0.3) is 22.2 Å². The highest BCUT2D eigenvalue weighted by Gasteiger charge is 2.42. The largest absolute Gasteiger partial charge is 0.505 e. The number of halogens is 3. The summed E-state index contributed by atoms with van der Waals surface area (Å²) in [6.45, 7) is 2.16. The molecule has 4 atom stereocenters. The number of nitrogens with two attached hydrogens (primary N) is 3. The van der Waals surface area contributed by atoms with Gasteiger partial charge in [-0.1, -0.05) is 87.7 Å². The van der Waals surface area contributed by atoms with Crippen LogP contribution in [-0.2, 0) is 77.0 Å². The average Bonchev–Trinajstić information content (AvgIpc) is 0.907. The number of furan rings is 1. The number of thiophene rings is 4. The fourth-order valence-corrected chi connectivity index (χ4v) is 24.8. The van der Waals surface area contributed by atoms with E-state index in [0.717, 1.165) is 44.6 Å². The molecule has 150 heavy (non-hydrogen) atoms. The highest BCUT2D eigenvalue weighted by Crippen LogP contribution is 2.57. The Hall–Kier alpha value is -15.4. The Balaban J connectivity index is 0.000000136. The van der Waals surface area contributed by atoms with Crippen molar-refractivity contribution >= 4 is 170 Å². The van der Waals surface area contributed by atoms with Crippen molar-refractivity contribution in [2.45, 2.75) is 33.1 Å². The second-order valence-corrected chi connectivity index (χ2v) is 44.7. The minimum Gasteiger partial charge on any atom is -0.505 e. The van der Waals surface area contributed by atoms with Crippen LogP contribution in [0.25, 0.3) is 45.0 Å². The van der Waals surface area contributed by atoms with Gasteiger partial charge in [-0.2, -0.15) is 102 Å². The maximum absolute atomic E-state index is 13.8. The zero-order chi connectivity index (χ0) is 106. The third-order valence-corrected chi connectivity index (χ3v) is 33.8. The normalized spacial score (nSPS) is 16.6. The molecule has 0 saturated carbocycles. The maximum Gasteiger partial charge on any atom is 0.348 e. The molecule has 42 nitrogen and oxygen atoms in total. The first-order valence-corrected chi connectivity index (χ1v) is 55.0. The van der Waals surface area contributed by atoms with Crippen molar-refractivity contribution < 1.29 is 94.3 Å². The van der Waals surface area contributed by atoms with Crippen LogP contribution in [-0.4, -0.2) is 111 Å². The Morgan fingerprint density at radius 1 is 0.400 bits per heavy atom. The lowest BCUT2D eigenvalue weighted by Crippen LogP contribution is -2.35. The fourth-order valence-electron chi connectivity index (χ4n) is 15.4. The number of hydrogen-bond acceptors (Lipinski definition) is 38. The first kappa shape index (κ1) is 106. The second-order valence-electron chi connectivity index (χ2n) is 31.9. The van der Waals surface area contributed by atoms with Crippen molar-refractivity contribution in [2.75, 3.05) is 49.7 Å². The topological polar surface area (TPSA) is 570 Å². The van der Waals surface area contributed by atoms with Crippen LogP contribution in [0.2, 0.25) is 5.02 Å². The lowest BCUT2D eigenvalue weighted by atomic mass is 10.1. The molecular weight excluding hydrogens is 2190 g/mol. The van der Waals surface area contributed by atoms with Crippen LogP contribution >= 0.6 is 103 Å². The van der Waals surface area contributed by atoms with Crippen molar-refractivity contribution in [3.05, 3.63) is 376 Å². The van der Waals surface area contributed by atoms with Gasteiger partial charge in [-0.25, -0.2) is 23.1 Å². The first-order chi connectivity index (χ1) is 72.4. The van der Waals surface area contributed by atoms with E-state index in [0.29, 0.717) is 72.9 Å². The second kappa shape index (κ2) is 46.1. The molecule has 768 valence electrons. The summed E-state index contributed by atoms with van der Waals surface area (Å²) in [5, 5.41) is 90.1. The van der Waals surface area contributed by atoms with Gasteiger partial charge in [0.2, 0.25) is 0 Å². The van der Waals surface area contributed by atoms with Crippen LogP contribution in [0.15, 0.2) is 316 Å². The number of aromatic hydroxyl groups is 4. The van der Waals surface area contributed by atoms with Crippen molar-refractivity contribution in [1.29, 1.82) is 0 Å². The van der Waals surface area contributed by atoms with Gasteiger partial charge in [-0.05, 0) is 166 Å². The molecule has 0 saturated heterocycles. The minimum atomic E-state index is -3.95. The van der Waals surface area contributed by atoms with E-state index >= 15 is 0 Å². The van der Waals surface area contributed by atoms with Crippen molar-refractivity contribution in [3.63, 3.8) is 0 Å². The summed E-state index contributed by atoms with van der Waals surface area (Å²) in [6.07, 6.45) is 9.92. The maximum atomic E-state index is 13.8. The summed E-state index contributed by atoms with van der Waals surface area (Å²) in [4.78, 5) is 67.6. The van der Waals surface area contributed by atoms with E-state index in [9.17, 15) is 62.3 Å². The van der Waals surface area contributed by atoms with Gasteiger partial charge < -0.3 is 92.9 Å². The van der Waals surface area contributed by atoms with E-state index < -0.39 is 69.6 Å². The zero-order valence-corrected chi connectivity index (χ0v) is 87.7. The lowest BCUT2D eigenvalue weighted by Gasteiger charge is -2.25. The Kier molecular flexibility index (Phi) is 32.6. The molecule has 4 aliphatic rings. The summed E-state index contributed by atoms with van der Waals surface area (Å²) in [7, 11) is -10.4. The minimum absolute atomic E-state index is 0.0316. The van der Waals surface area contributed by atoms with Crippen LogP contribution < -0.4 is 96.6 Å². The van der Waals surface area contributed by atoms with Gasteiger partial charge in [0.1, 0.15) is 106 Å². The molecular formula is C97H82BrClFN19O23P4S4. The lowest BCUT2D eigenvalue weighted by molar-refractivity contribution is 0.250. The molecule has 9 aromatic heterocycles. The zero-order valence-electron chi connectivity index (χ0n) is 78.5. The van der Waals surface area contributed by atoms with E-state index in [-0.39, 0.29) is 133 Å². The first-order valence-electron chi connectivity index (χ1n) is 43.8. The van der Waals surface area contributed by atoms with Crippen molar-refractivity contribution in [3.8, 4) is 85.3 Å².